The molecule has 0 amide bonds. The van der Waals surface area contributed by atoms with E-state index in [9.17, 15) is 0 Å². The highest BCUT2D eigenvalue weighted by molar-refractivity contribution is 5.94. The van der Waals surface area contributed by atoms with Gasteiger partial charge < -0.3 is 38.4 Å². The van der Waals surface area contributed by atoms with E-state index in [0.29, 0.717) is 38.9 Å². The molecule has 12 nitrogen and oxygen atoms in total. The van der Waals surface area contributed by atoms with E-state index in [-0.39, 0.29) is 0 Å². The van der Waals surface area contributed by atoms with Gasteiger partial charge in [0.15, 0.2) is 28.9 Å². The monoisotopic (exact) mass is 549 g/mol. The smallest absolute Gasteiger partial charge is 0.228 e. The minimum absolute atomic E-state index is 0.459. The van der Waals surface area contributed by atoms with E-state index >= 15 is 0 Å². The van der Waals surface area contributed by atoms with Crippen LogP contribution in [-0.4, -0.2) is 99.1 Å². The molecule has 40 heavy (non-hydrogen) atoms. The number of piperidine rings is 1. The molecule has 7 rings (SSSR count). The van der Waals surface area contributed by atoms with Crippen LogP contribution in [0.5, 0.6) is 11.5 Å². The lowest BCUT2D eigenvalue weighted by molar-refractivity contribution is -0.169. The summed E-state index contributed by atoms with van der Waals surface area (Å²) < 4.78 is 28.7. The average Bonchev–Trinajstić information content (AvgIpc) is 3.47. The lowest BCUT2D eigenvalue weighted by Gasteiger charge is -2.38. The molecule has 0 saturated carbocycles. The quantitative estimate of drug-likeness (QED) is 0.466. The maximum absolute atomic E-state index is 5.96. The first-order valence-corrected chi connectivity index (χ1v) is 14.0. The maximum Gasteiger partial charge on any atom is 0.228 e. The van der Waals surface area contributed by atoms with Crippen molar-refractivity contribution in [3.63, 3.8) is 0 Å². The first kappa shape index (κ1) is 25.5. The van der Waals surface area contributed by atoms with Crippen molar-refractivity contribution in [3.05, 3.63) is 29.6 Å². The molecule has 0 N–H and O–H groups in total. The van der Waals surface area contributed by atoms with Crippen LogP contribution in [0.25, 0.3) is 11.0 Å². The highest BCUT2D eigenvalue weighted by Crippen LogP contribution is 2.38. The molecule has 1 spiro atoms. The van der Waals surface area contributed by atoms with Crippen LogP contribution in [0.3, 0.4) is 0 Å². The number of rotatable bonds is 5. The van der Waals surface area contributed by atoms with E-state index in [1.807, 2.05) is 0 Å². The van der Waals surface area contributed by atoms with Crippen LogP contribution in [0.1, 0.15) is 24.0 Å². The van der Waals surface area contributed by atoms with Gasteiger partial charge in [-0.1, -0.05) is 0 Å². The molecule has 6 heterocycles. The molecule has 0 aliphatic carbocycles. The second-order valence-electron chi connectivity index (χ2n) is 10.6. The number of anilines is 3. The summed E-state index contributed by atoms with van der Waals surface area (Å²) in [5.41, 5.74) is 3.99. The normalized spacial score (nSPS) is 20.7. The molecular formula is C28H35N7O5. The SMILES string of the molecule is COc1cc2c(cc1OC)CN(c1ncnc3c(N4CCOCC4)nc(N4CCC5(CC4)OCCO5)nc13)CC2. The molecule has 1 aromatic carbocycles. The standard InChI is InChI=1S/C28H35N7O5/c1-36-21-15-19-3-6-35(17-20(19)16-22(21)37-2)25-24-23(29-18-30-25)26(33-9-11-38-12-10-33)32-27(31-24)34-7-4-28(5-8-34)39-13-14-40-28/h15-16,18H,3-14,17H2,1-2H3. The Bertz CT molecular complexity index is 1380. The summed E-state index contributed by atoms with van der Waals surface area (Å²) in [6.45, 7) is 7.17. The van der Waals surface area contributed by atoms with Crippen LogP contribution in [-0.2, 0) is 27.2 Å². The zero-order valence-corrected chi connectivity index (χ0v) is 23.1. The fraction of sp³-hybridized carbons (Fsp3) is 0.571. The van der Waals surface area contributed by atoms with Crippen molar-refractivity contribution < 1.29 is 23.7 Å². The lowest BCUT2D eigenvalue weighted by Crippen LogP contribution is -2.46. The first-order valence-electron chi connectivity index (χ1n) is 14.0. The van der Waals surface area contributed by atoms with Crippen molar-refractivity contribution in [3.8, 4) is 11.5 Å². The van der Waals surface area contributed by atoms with Crippen LogP contribution in [0.15, 0.2) is 18.5 Å². The Balaban J connectivity index is 1.27. The molecule has 12 heteroatoms. The van der Waals surface area contributed by atoms with Crippen LogP contribution in [0.2, 0.25) is 0 Å². The molecule has 212 valence electrons. The van der Waals surface area contributed by atoms with Gasteiger partial charge in [0.2, 0.25) is 5.95 Å². The van der Waals surface area contributed by atoms with E-state index in [1.54, 1.807) is 20.5 Å². The number of fused-ring (bicyclic) bond motifs is 2. The largest absolute Gasteiger partial charge is 0.493 e. The predicted molar refractivity (Wildman–Crippen MR) is 149 cm³/mol. The van der Waals surface area contributed by atoms with Crippen molar-refractivity contribution in [1.82, 2.24) is 19.9 Å². The van der Waals surface area contributed by atoms with E-state index in [2.05, 4.69) is 26.8 Å². The Morgan fingerprint density at radius 2 is 1.45 bits per heavy atom. The van der Waals surface area contributed by atoms with E-state index in [0.717, 1.165) is 86.2 Å². The van der Waals surface area contributed by atoms with Crippen LogP contribution >= 0.6 is 0 Å². The second kappa shape index (κ2) is 10.5. The number of hydrogen-bond acceptors (Lipinski definition) is 12. The van der Waals surface area contributed by atoms with E-state index < -0.39 is 5.79 Å². The average molecular weight is 550 g/mol. The van der Waals surface area contributed by atoms with Crippen molar-refractivity contribution in [2.45, 2.75) is 31.6 Å². The Morgan fingerprint density at radius 1 is 0.725 bits per heavy atom. The van der Waals surface area contributed by atoms with E-state index in [1.165, 1.54) is 11.1 Å². The Labute approximate surface area is 233 Å². The van der Waals surface area contributed by atoms with Crippen molar-refractivity contribution in [1.29, 1.82) is 0 Å². The molecule has 3 saturated heterocycles. The molecular weight excluding hydrogens is 514 g/mol. The summed E-state index contributed by atoms with van der Waals surface area (Å²) in [5.74, 6) is 3.38. The van der Waals surface area contributed by atoms with Gasteiger partial charge in [-0.05, 0) is 29.7 Å². The third kappa shape index (κ3) is 4.53. The van der Waals surface area contributed by atoms with E-state index in [4.69, 9.17) is 43.6 Å². The minimum atomic E-state index is -0.459. The van der Waals surface area contributed by atoms with Gasteiger partial charge in [-0.3, -0.25) is 0 Å². The molecule has 0 radical (unpaired) electrons. The van der Waals surface area contributed by atoms with Crippen molar-refractivity contribution >= 4 is 28.6 Å². The Morgan fingerprint density at radius 3 is 2.17 bits per heavy atom. The second-order valence-corrected chi connectivity index (χ2v) is 10.6. The number of ether oxygens (including phenoxy) is 5. The topological polar surface area (TPSA) is 107 Å². The molecule has 2 aromatic heterocycles. The minimum Gasteiger partial charge on any atom is -0.493 e. The molecule has 3 fully saturated rings. The molecule has 4 aliphatic heterocycles. The summed E-state index contributed by atoms with van der Waals surface area (Å²) >= 11 is 0. The lowest BCUT2D eigenvalue weighted by atomic mass is 9.98. The van der Waals surface area contributed by atoms with Crippen LogP contribution in [0.4, 0.5) is 17.6 Å². The van der Waals surface area contributed by atoms with Gasteiger partial charge in [0, 0.05) is 52.1 Å². The molecule has 4 aliphatic rings. The summed E-state index contributed by atoms with van der Waals surface area (Å²) in [7, 11) is 3.34. The number of aromatic nitrogens is 4. The van der Waals surface area contributed by atoms with Gasteiger partial charge in [-0.25, -0.2) is 15.0 Å². The summed E-state index contributed by atoms with van der Waals surface area (Å²) in [5, 5.41) is 0. The number of nitrogens with zero attached hydrogens (tertiary/aromatic N) is 7. The third-order valence-electron chi connectivity index (χ3n) is 8.38. The number of hydrogen-bond donors (Lipinski definition) is 0. The van der Waals surface area contributed by atoms with Gasteiger partial charge in [-0.2, -0.15) is 4.98 Å². The van der Waals surface area contributed by atoms with Crippen LogP contribution in [0, 0.1) is 0 Å². The van der Waals surface area contributed by atoms with Gasteiger partial charge in [-0.15, -0.1) is 0 Å². The third-order valence-corrected chi connectivity index (χ3v) is 8.38. The molecule has 0 bridgehead atoms. The summed E-state index contributed by atoms with van der Waals surface area (Å²) in [4.78, 5) is 26.5. The maximum atomic E-state index is 5.96. The Kier molecular flexibility index (Phi) is 6.68. The van der Waals surface area contributed by atoms with Gasteiger partial charge in [0.25, 0.3) is 0 Å². The molecule has 0 unspecified atom stereocenters. The first-order chi connectivity index (χ1) is 19.7. The zero-order chi connectivity index (χ0) is 27.1. The highest BCUT2D eigenvalue weighted by atomic mass is 16.7. The molecule has 0 atom stereocenters. The van der Waals surface area contributed by atoms with Crippen LogP contribution < -0.4 is 24.2 Å². The summed E-state index contributed by atoms with van der Waals surface area (Å²) in [6, 6.07) is 4.15. The van der Waals surface area contributed by atoms with Crippen molar-refractivity contribution in [2.24, 2.45) is 0 Å². The van der Waals surface area contributed by atoms with Gasteiger partial charge in [0.05, 0.1) is 40.6 Å². The number of benzene rings is 1. The fourth-order valence-corrected chi connectivity index (χ4v) is 6.17. The predicted octanol–water partition coefficient (Wildman–Crippen LogP) is 2.18. The van der Waals surface area contributed by atoms with Crippen molar-refractivity contribution in [2.75, 3.05) is 88.1 Å². The zero-order valence-electron chi connectivity index (χ0n) is 23.1. The Hall–Kier alpha value is -3.48. The highest BCUT2D eigenvalue weighted by Gasteiger charge is 2.40. The number of morpholine rings is 1. The number of methoxy groups -OCH3 is 2. The fourth-order valence-electron chi connectivity index (χ4n) is 6.17. The summed E-state index contributed by atoms with van der Waals surface area (Å²) in [6.07, 6.45) is 4.07. The van der Waals surface area contributed by atoms with Gasteiger partial charge >= 0.3 is 0 Å². The van der Waals surface area contributed by atoms with Gasteiger partial charge in [0.1, 0.15) is 17.4 Å². The molecule has 3 aromatic rings.